The van der Waals surface area contributed by atoms with Gasteiger partial charge in [-0.15, -0.1) is 0 Å². The predicted octanol–water partition coefficient (Wildman–Crippen LogP) is 5.51. The van der Waals surface area contributed by atoms with Crippen molar-refractivity contribution in [2.75, 3.05) is 28.6 Å². The van der Waals surface area contributed by atoms with Gasteiger partial charge in [0.2, 0.25) is 11.9 Å². The number of para-hydroxylation sites is 1. The maximum atomic E-state index is 12.7. The first-order valence-electron chi connectivity index (χ1n) is 11.4. The molecule has 2 N–H and O–H groups in total. The van der Waals surface area contributed by atoms with E-state index in [1.807, 2.05) is 61.5 Å². The topological polar surface area (TPSA) is 83.0 Å². The fraction of sp³-hybridized carbons (Fsp3) is 0.231. The Hall–Kier alpha value is -3.71. The van der Waals surface area contributed by atoms with Gasteiger partial charge in [0.15, 0.2) is 0 Å². The number of amides is 1. The van der Waals surface area contributed by atoms with Crippen LogP contribution in [0.4, 0.5) is 23.1 Å². The molecule has 0 saturated carbocycles. The van der Waals surface area contributed by atoms with E-state index in [1.165, 1.54) is 12.8 Å². The number of pyridine rings is 1. The van der Waals surface area contributed by atoms with Gasteiger partial charge >= 0.3 is 0 Å². The fourth-order valence-electron chi connectivity index (χ4n) is 4.20. The summed E-state index contributed by atoms with van der Waals surface area (Å²) in [7, 11) is 0. The molecule has 172 valence electrons. The van der Waals surface area contributed by atoms with Crippen molar-refractivity contribution in [3.63, 3.8) is 0 Å². The van der Waals surface area contributed by atoms with Crippen LogP contribution >= 0.6 is 11.6 Å². The van der Waals surface area contributed by atoms with E-state index >= 15 is 0 Å². The van der Waals surface area contributed by atoms with Crippen LogP contribution in [0, 0.1) is 6.92 Å². The molecule has 1 saturated heterocycles. The third-order valence-electron chi connectivity index (χ3n) is 5.79. The molecule has 0 radical (unpaired) electrons. The highest BCUT2D eigenvalue weighted by molar-refractivity contribution is 6.30. The third-order valence-corrected chi connectivity index (χ3v) is 5.99. The number of anilines is 4. The summed E-state index contributed by atoms with van der Waals surface area (Å²) in [5.74, 6) is 1.41. The smallest absolute Gasteiger partial charge is 0.228 e. The Morgan fingerprint density at radius 2 is 1.71 bits per heavy atom. The molecule has 3 heterocycles. The average Bonchev–Trinajstić information content (AvgIpc) is 3.35. The van der Waals surface area contributed by atoms with Gasteiger partial charge in [-0.2, -0.15) is 4.98 Å². The Bertz CT molecular complexity index is 1340. The second-order valence-corrected chi connectivity index (χ2v) is 8.82. The number of rotatable bonds is 6. The normalized spacial score (nSPS) is 13.3. The molecule has 0 atom stereocenters. The van der Waals surface area contributed by atoms with Gasteiger partial charge in [0.1, 0.15) is 11.0 Å². The van der Waals surface area contributed by atoms with Crippen LogP contribution in [-0.2, 0) is 11.2 Å². The predicted molar refractivity (Wildman–Crippen MR) is 137 cm³/mol. The lowest BCUT2D eigenvalue weighted by Crippen LogP contribution is -2.21. The zero-order valence-corrected chi connectivity index (χ0v) is 19.6. The number of nitrogens with zero attached hydrogens (tertiary/aromatic N) is 4. The molecule has 1 aliphatic rings. The zero-order valence-electron chi connectivity index (χ0n) is 18.9. The van der Waals surface area contributed by atoms with Crippen molar-refractivity contribution in [1.29, 1.82) is 0 Å². The highest BCUT2D eigenvalue weighted by atomic mass is 35.5. The van der Waals surface area contributed by atoms with E-state index in [1.54, 1.807) is 6.07 Å². The zero-order chi connectivity index (χ0) is 23.5. The second kappa shape index (κ2) is 9.65. The largest absolute Gasteiger partial charge is 0.341 e. The van der Waals surface area contributed by atoms with Crippen LogP contribution in [-0.4, -0.2) is 33.9 Å². The van der Waals surface area contributed by atoms with Gasteiger partial charge in [0.05, 0.1) is 11.9 Å². The van der Waals surface area contributed by atoms with E-state index < -0.39 is 0 Å². The lowest BCUT2D eigenvalue weighted by Gasteiger charge is -2.17. The van der Waals surface area contributed by atoms with Gasteiger partial charge in [-0.1, -0.05) is 29.8 Å². The van der Waals surface area contributed by atoms with Crippen LogP contribution in [0.2, 0.25) is 5.15 Å². The molecule has 2 aromatic heterocycles. The molecule has 0 unspecified atom stereocenters. The standard InChI is InChI=1S/C26H25ClN6O/c1-17-14-24(32-26(28-17)33-12-4-5-13-33)29-19-8-10-20(11-9-19)30-25(34)16-18-15-23(27)31-22-7-3-2-6-21(18)22/h2-3,6-11,14-15H,4-5,12-13,16H2,1H3,(H,30,34)(H,28,29,32). The average molecular weight is 473 g/mol. The Morgan fingerprint density at radius 3 is 2.50 bits per heavy atom. The molecule has 1 fully saturated rings. The van der Waals surface area contributed by atoms with Crippen molar-refractivity contribution in [2.45, 2.75) is 26.2 Å². The van der Waals surface area contributed by atoms with Gasteiger partial charge in [-0.3, -0.25) is 4.79 Å². The molecule has 0 bridgehead atoms. The van der Waals surface area contributed by atoms with E-state index in [4.69, 9.17) is 11.6 Å². The van der Waals surface area contributed by atoms with Crippen LogP contribution in [0.25, 0.3) is 10.9 Å². The van der Waals surface area contributed by atoms with Crippen LogP contribution in [0.15, 0.2) is 60.7 Å². The second-order valence-electron chi connectivity index (χ2n) is 8.44. The molecule has 5 rings (SSSR count). The highest BCUT2D eigenvalue weighted by Gasteiger charge is 2.16. The Balaban J connectivity index is 1.25. The highest BCUT2D eigenvalue weighted by Crippen LogP contribution is 2.24. The monoisotopic (exact) mass is 472 g/mol. The molecule has 34 heavy (non-hydrogen) atoms. The molecule has 7 nitrogen and oxygen atoms in total. The Labute approximate surface area is 203 Å². The molecular formula is C26H25ClN6O. The summed E-state index contributed by atoms with van der Waals surface area (Å²) < 4.78 is 0. The Morgan fingerprint density at radius 1 is 0.971 bits per heavy atom. The van der Waals surface area contributed by atoms with E-state index in [0.29, 0.717) is 5.15 Å². The fourth-order valence-corrected chi connectivity index (χ4v) is 4.42. The number of hydrogen-bond acceptors (Lipinski definition) is 6. The van der Waals surface area contributed by atoms with Gasteiger partial charge in [-0.25, -0.2) is 9.97 Å². The van der Waals surface area contributed by atoms with Gasteiger partial charge < -0.3 is 15.5 Å². The van der Waals surface area contributed by atoms with Crippen molar-refractivity contribution >= 4 is 51.6 Å². The van der Waals surface area contributed by atoms with E-state index in [0.717, 1.165) is 58.4 Å². The Kier molecular flexibility index (Phi) is 6.27. The van der Waals surface area contributed by atoms with Crippen LogP contribution in [0.3, 0.4) is 0 Å². The molecule has 1 aliphatic heterocycles. The SMILES string of the molecule is Cc1cc(Nc2ccc(NC(=O)Cc3cc(Cl)nc4ccccc34)cc2)nc(N2CCCC2)n1. The number of aromatic nitrogens is 3. The molecule has 1 amide bonds. The number of fused-ring (bicyclic) bond motifs is 1. The maximum Gasteiger partial charge on any atom is 0.228 e. The molecule has 4 aromatic rings. The first-order valence-corrected chi connectivity index (χ1v) is 11.7. The number of halogens is 1. The summed E-state index contributed by atoms with van der Waals surface area (Å²) in [6, 6.07) is 18.9. The summed E-state index contributed by atoms with van der Waals surface area (Å²) in [6.07, 6.45) is 2.57. The number of nitrogens with one attached hydrogen (secondary N) is 2. The molecule has 2 aromatic carbocycles. The maximum absolute atomic E-state index is 12.7. The van der Waals surface area contributed by atoms with Crippen molar-refractivity contribution in [3.8, 4) is 0 Å². The quantitative estimate of drug-likeness (QED) is 0.360. The minimum absolute atomic E-state index is 0.116. The van der Waals surface area contributed by atoms with Crippen LogP contribution in [0.1, 0.15) is 24.1 Å². The van der Waals surface area contributed by atoms with Gasteiger partial charge in [0, 0.05) is 41.6 Å². The van der Waals surface area contributed by atoms with E-state index in [-0.39, 0.29) is 12.3 Å². The molecule has 0 aliphatic carbocycles. The lowest BCUT2D eigenvalue weighted by molar-refractivity contribution is -0.115. The molecule has 8 heteroatoms. The first kappa shape index (κ1) is 22.1. The van der Waals surface area contributed by atoms with Gasteiger partial charge in [-0.05, 0) is 61.7 Å². The number of benzene rings is 2. The number of aryl methyl sites for hydroxylation is 1. The van der Waals surface area contributed by atoms with E-state index in [9.17, 15) is 4.79 Å². The van der Waals surface area contributed by atoms with Crippen molar-refractivity contribution < 1.29 is 4.79 Å². The summed E-state index contributed by atoms with van der Waals surface area (Å²) in [6.45, 7) is 3.97. The summed E-state index contributed by atoms with van der Waals surface area (Å²) >= 11 is 6.15. The van der Waals surface area contributed by atoms with Crippen LogP contribution < -0.4 is 15.5 Å². The first-order chi connectivity index (χ1) is 16.5. The minimum atomic E-state index is -0.116. The number of carbonyl (C=O) groups is 1. The third kappa shape index (κ3) is 5.10. The van der Waals surface area contributed by atoms with E-state index in [2.05, 4.69) is 30.5 Å². The summed E-state index contributed by atoms with van der Waals surface area (Å²) in [4.78, 5) is 28.5. The van der Waals surface area contributed by atoms with Crippen molar-refractivity contribution in [2.24, 2.45) is 0 Å². The summed E-state index contributed by atoms with van der Waals surface area (Å²) in [5.41, 5.74) is 4.15. The number of carbonyl (C=O) groups excluding carboxylic acids is 1. The van der Waals surface area contributed by atoms with Gasteiger partial charge in [0.25, 0.3) is 0 Å². The molecule has 0 spiro atoms. The lowest BCUT2D eigenvalue weighted by atomic mass is 10.1. The summed E-state index contributed by atoms with van der Waals surface area (Å²) in [5, 5.41) is 7.61. The minimum Gasteiger partial charge on any atom is -0.341 e. The number of hydrogen-bond donors (Lipinski definition) is 2. The van der Waals surface area contributed by atoms with Crippen LogP contribution in [0.5, 0.6) is 0 Å². The van der Waals surface area contributed by atoms with Crippen molar-refractivity contribution in [3.05, 3.63) is 77.1 Å². The van der Waals surface area contributed by atoms with Crippen molar-refractivity contribution in [1.82, 2.24) is 15.0 Å². The molecular weight excluding hydrogens is 448 g/mol.